The molecular formula is C25H35N3O7S2. The molecule has 1 saturated heterocycles. The number of benzene rings is 2. The van der Waals surface area contributed by atoms with Crippen LogP contribution in [0.15, 0.2) is 47.4 Å². The summed E-state index contributed by atoms with van der Waals surface area (Å²) >= 11 is 0. The number of carbonyl (C=O) groups is 1. The third-order valence-electron chi connectivity index (χ3n) is 6.11. The molecular weight excluding hydrogens is 518 g/mol. The third kappa shape index (κ3) is 7.14. The predicted octanol–water partition coefficient (Wildman–Crippen LogP) is 2.53. The first kappa shape index (κ1) is 28.7. The fourth-order valence-electron chi connectivity index (χ4n) is 4.21. The zero-order valence-corrected chi connectivity index (χ0v) is 23.3. The van der Waals surface area contributed by atoms with Crippen molar-refractivity contribution in [2.75, 3.05) is 43.9 Å². The van der Waals surface area contributed by atoms with Crippen molar-refractivity contribution in [1.82, 2.24) is 9.62 Å². The van der Waals surface area contributed by atoms with Crippen molar-refractivity contribution in [3.8, 4) is 11.5 Å². The lowest BCUT2D eigenvalue weighted by Crippen LogP contribution is -2.48. The summed E-state index contributed by atoms with van der Waals surface area (Å²) in [5.41, 5.74) is 1.10. The number of carbonyl (C=O) groups excluding carboxylic acids is 1. The molecule has 0 aromatic heterocycles. The first-order valence-corrected chi connectivity index (χ1v) is 15.4. The number of ether oxygens (including phenoxy) is 2. The second-order valence-electron chi connectivity index (χ2n) is 8.99. The van der Waals surface area contributed by atoms with Gasteiger partial charge in [0.1, 0.15) is 24.1 Å². The van der Waals surface area contributed by atoms with Gasteiger partial charge < -0.3 is 14.8 Å². The highest BCUT2D eigenvalue weighted by Crippen LogP contribution is 2.32. The largest absolute Gasteiger partial charge is 0.495 e. The van der Waals surface area contributed by atoms with E-state index in [1.54, 1.807) is 30.3 Å². The maximum Gasteiger partial charge on any atom is 0.243 e. The molecule has 1 atom stereocenters. The molecule has 204 valence electrons. The van der Waals surface area contributed by atoms with Gasteiger partial charge in [0.25, 0.3) is 0 Å². The molecule has 0 saturated carbocycles. The number of sulfonamides is 2. The van der Waals surface area contributed by atoms with Crippen LogP contribution in [0, 0.1) is 6.92 Å². The van der Waals surface area contributed by atoms with Crippen LogP contribution in [0.2, 0.25) is 0 Å². The van der Waals surface area contributed by atoms with Gasteiger partial charge in [-0.15, -0.1) is 0 Å². The van der Waals surface area contributed by atoms with Crippen molar-refractivity contribution in [2.45, 2.75) is 44.0 Å². The monoisotopic (exact) mass is 553 g/mol. The highest BCUT2D eigenvalue weighted by Gasteiger charge is 2.31. The summed E-state index contributed by atoms with van der Waals surface area (Å²) in [6.07, 6.45) is 3.81. The summed E-state index contributed by atoms with van der Waals surface area (Å²) in [6.45, 7) is 4.63. The molecule has 1 fully saturated rings. The molecule has 0 unspecified atom stereocenters. The van der Waals surface area contributed by atoms with Crippen LogP contribution in [0.3, 0.4) is 0 Å². The molecule has 0 aliphatic carbocycles. The van der Waals surface area contributed by atoms with E-state index in [0.29, 0.717) is 24.6 Å². The van der Waals surface area contributed by atoms with E-state index < -0.39 is 32.0 Å². The van der Waals surface area contributed by atoms with Crippen molar-refractivity contribution in [2.24, 2.45) is 0 Å². The van der Waals surface area contributed by atoms with Crippen LogP contribution in [-0.2, 0) is 24.8 Å². The van der Waals surface area contributed by atoms with E-state index in [1.165, 1.54) is 30.5 Å². The summed E-state index contributed by atoms with van der Waals surface area (Å²) in [5, 5.41) is 2.69. The van der Waals surface area contributed by atoms with Crippen LogP contribution < -0.4 is 19.1 Å². The van der Waals surface area contributed by atoms with Gasteiger partial charge in [-0.25, -0.2) is 16.8 Å². The molecule has 0 radical (unpaired) electrons. The van der Waals surface area contributed by atoms with E-state index in [2.05, 4.69) is 5.32 Å². The summed E-state index contributed by atoms with van der Waals surface area (Å²) in [7, 11) is -5.88. The molecule has 12 heteroatoms. The number of nitrogens with zero attached hydrogens (tertiary/aromatic N) is 2. The van der Waals surface area contributed by atoms with Gasteiger partial charge in [0.05, 0.1) is 30.5 Å². The quantitative estimate of drug-likeness (QED) is 0.424. The molecule has 1 N–H and O–H groups in total. The number of rotatable bonds is 11. The third-order valence-corrected chi connectivity index (χ3v) is 9.25. The molecule has 10 nitrogen and oxygen atoms in total. The molecule has 1 aliphatic rings. The zero-order chi connectivity index (χ0) is 27.2. The maximum atomic E-state index is 12.8. The van der Waals surface area contributed by atoms with E-state index in [1.807, 2.05) is 6.92 Å². The molecule has 1 amide bonds. The zero-order valence-electron chi connectivity index (χ0n) is 21.6. The van der Waals surface area contributed by atoms with Gasteiger partial charge in [-0.05, 0) is 68.7 Å². The van der Waals surface area contributed by atoms with Crippen LogP contribution in [-0.4, -0.2) is 72.7 Å². The molecule has 2 aromatic rings. The Kier molecular flexibility index (Phi) is 9.43. The second-order valence-corrected chi connectivity index (χ2v) is 12.8. The first-order chi connectivity index (χ1) is 17.4. The number of piperidine rings is 1. The van der Waals surface area contributed by atoms with E-state index in [-0.39, 0.29) is 23.7 Å². The molecule has 2 aromatic carbocycles. The number of hydrogen-bond acceptors (Lipinski definition) is 7. The van der Waals surface area contributed by atoms with E-state index >= 15 is 0 Å². The lowest BCUT2D eigenvalue weighted by atomic mass is 10.2. The van der Waals surface area contributed by atoms with Gasteiger partial charge >= 0.3 is 0 Å². The fraction of sp³-hybridized carbons (Fsp3) is 0.480. The number of nitrogens with one attached hydrogen (secondary N) is 1. The van der Waals surface area contributed by atoms with Crippen molar-refractivity contribution in [1.29, 1.82) is 0 Å². The van der Waals surface area contributed by atoms with Crippen LogP contribution >= 0.6 is 0 Å². The Hall–Kier alpha value is -2.83. The summed E-state index contributed by atoms with van der Waals surface area (Å²) in [5.74, 6) is 0.299. The van der Waals surface area contributed by atoms with Crippen molar-refractivity contribution >= 4 is 31.6 Å². The lowest BCUT2D eigenvalue weighted by Gasteiger charge is -2.29. The van der Waals surface area contributed by atoms with Gasteiger partial charge in [0.2, 0.25) is 26.0 Å². The van der Waals surface area contributed by atoms with E-state index in [0.717, 1.165) is 35.4 Å². The Morgan fingerprint density at radius 1 is 1.05 bits per heavy atom. The number of anilines is 1. The Balaban J connectivity index is 1.58. The van der Waals surface area contributed by atoms with Gasteiger partial charge in [-0.2, -0.15) is 4.31 Å². The molecule has 0 spiro atoms. The molecule has 0 bridgehead atoms. The predicted molar refractivity (Wildman–Crippen MR) is 142 cm³/mol. The normalized spacial score (nSPS) is 15.6. The summed E-state index contributed by atoms with van der Waals surface area (Å²) in [6, 6.07) is 10.3. The number of aryl methyl sites for hydroxylation is 1. The number of methoxy groups -OCH3 is 1. The number of amides is 1. The lowest BCUT2D eigenvalue weighted by molar-refractivity contribution is -0.121. The molecule has 1 aliphatic heterocycles. The van der Waals surface area contributed by atoms with Crippen LogP contribution in [0.1, 0.15) is 31.7 Å². The van der Waals surface area contributed by atoms with Crippen molar-refractivity contribution in [3.63, 3.8) is 0 Å². The van der Waals surface area contributed by atoms with Crippen molar-refractivity contribution in [3.05, 3.63) is 48.0 Å². The summed E-state index contributed by atoms with van der Waals surface area (Å²) < 4.78 is 64.2. The minimum atomic E-state index is -3.80. The second kappa shape index (κ2) is 12.1. The Morgan fingerprint density at radius 3 is 2.30 bits per heavy atom. The van der Waals surface area contributed by atoms with Crippen LogP contribution in [0.5, 0.6) is 11.5 Å². The average Bonchev–Trinajstić information content (AvgIpc) is 2.86. The molecule has 37 heavy (non-hydrogen) atoms. The minimum Gasteiger partial charge on any atom is -0.495 e. The number of hydrogen-bond donors (Lipinski definition) is 1. The standard InChI is InChI=1S/C25H35N3O7S2/c1-19-8-13-24(34-3)23(18-19)28(36(4,30)31)20(2)25(29)26-14-17-35-21-9-11-22(12-10-21)37(32,33)27-15-6-5-7-16-27/h8-13,18,20H,5-7,14-17H2,1-4H3,(H,26,29)/t20-/m1/s1. The average molecular weight is 554 g/mol. The molecule has 1 heterocycles. The topological polar surface area (TPSA) is 122 Å². The highest BCUT2D eigenvalue weighted by atomic mass is 32.2. The van der Waals surface area contributed by atoms with E-state index in [9.17, 15) is 21.6 Å². The highest BCUT2D eigenvalue weighted by molar-refractivity contribution is 7.92. The molecule has 3 rings (SSSR count). The maximum absolute atomic E-state index is 12.8. The van der Waals surface area contributed by atoms with Gasteiger partial charge in [0, 0.05) is 13.1 Å². The van der Waals surface area contributed by atoms with E-state index in [4.69, 9.17) is 9.47 Å². The van der Waals surface area contributed by atoms with Gasteiger partial charge in [0.15, 0.2) is 0 Å². The van der Waals surface area contributed by atoms with Gasteiger partial charge in [-0.1, -0.05) is 12.5 Å². The Bertz CT molecular complexity index is 1290. The van der Waals surface area contributed by atoms with Crippen LogP contribution in [0.25, 0.3) is 0 Å². The smallest absolute Gasteiger partial charge is 0.243 e. The van der Waals surface area contributed by atoms with Crippen molar-refractivity contribution < 1.29 is 31.1 Å². The van der Waals surface area contributed by atoms with Crippen LogP contribution in [0.4, 0.5) is 5.69 Å². The first-order valence-electron chi connectivity index (χ1n) is 12.1. The Morgan fingerprint density at radius 2 is 1.70 bits per heavy atom. The fourth-order valence-corrected chi connectivity index (χ4v) is 6.89. The van der Waals surface area contributed by atoms with Gasteiger partial charge in [-0.3, -0.25) is 9.10 Å². The SMILES string of the molecule is COc1ccc(C)cc1N([C@H](C)C(=O)NCCOc1ccc(S(=O)(=O)N2CCCCC2)cc1)S(C)(=O)=O. The Labute approximate surface area is 219 Å². The summed E-state index contributed by atoms with van der Waals surface area (Å²) in [4.78, 5) is 13.0. The minimum absolute atomic E-state index is 0.114.